The van der Waals surface area contributed by atoms with Gasteiger partial charge in [-0.15, -0.1) is 10.2 Å². The van der Waals surface area contributed by atoms with Gasteiger partial charge in [-0.25, -0.2) is 10.0 Å². The number of hydrogen-bond acceptors (Lipinski definition) is 6. The van der Waals surface area contributed by atoms with Crippen LogP contribution in [0.3, 0.4) is 0 Å². The average molecular weight is 664 g/mol. The summed E-state index contributed by atoms with van der Waals surface area (Å²) in [6.45, 7) is 1.31. The first-order valence-electron chi connectivity index (χ1n) is 13.0. The van der Waals surface area contributed by atoms with Crippen molar-refractivity contribution < 1.29 is 9.53 Å². The molecule has 0 aromatic heterocycles. The van der Waals surface area contributed by atoms with E-state index in [4.69, 9.17) is 51.1 Å². The van der Waals surface area contributed by atoms with Crippen LogP contribution in [0.15, 0.2) is 136 Å². The van der Waals surface area contributed by atoms with Crippen LogP contribution in [-0.4, -0.2) is 5.97 Å². The molecular formula is C32H22Cl4N6O2. The second-order valence-electron chi connectivity index (χ2n) is 9.13. The van der Waals surface area contributed by atoms with Crippen LogP contribution in [0.2, 0.25) is 20.1 Å². The summed E-state index contributed by atoms with van der Waals surface area (Å²) in [5.74, 6) is -0.361. The first-order chi connectivity index (χ1) is 21.3. The Morgan fingerprint density at radius 3 is 1.57 bits per heavy atom. The lowest BCUT2D eigenvalue weighted by atomic mass is 10.2. The molecule has 0 aliphatic heterocycles. The maximum atomic E-state index is 12.3. The number of esters is 1. The minimum atomic E-state index is -0.541. The van der Waals surface area contributed by atoms with E-state index in [1.165, 1.54) is 11.9 Å². The fourth-order valence-electron chi connectivity index (χ4n) is 4.02. The van der Waals surface area contributed by atoms with Gasteiger partial charge < -0.3 is 4.74 Å². The largest absolute Gasteiger partial charge is 0.424 e. The summed E-state index contributed by atoms with van der Waals surface area (Å²) in [5, 5.41) is 23.2. The molecule has 0 radical (unpaired) electrons. The van der Waals surface area contributed by atoms with Crippen LogP contribution < -0.4 is 14.8 Å². The maximum absolute atomic E-state index is 12.3. The topological polar surface area (TPSA) is 82.2 Å². The number of anilines is 4. The van der Waals surface area contributed by atoms with Gasteiger partial charge in [-0.1, -0.05) is 75.0 Å². The highest BCUT2D eigenvalue weighted by atomic mass is 35.5. The Morgan fingerprint density at radius 2 is 1.07 bits per heavy atom. The van der Waals surface area contributed by atoms with Gasteiger partial charge in [-0.2, -0.15) is 0 Å². The van der Waals surface area contributed by atoms with E-state index in [-0.39, 0.29) is 5.75 Å². The Morgan fingerprint density at radius 1 is 0.591 bits per heavy atom. The van der Waals surface area contributed by atoms with Gasteiger partial charge in [-0.05, 0) is 97.1 Å². The second kappa shape index (κ2) is 14.3. The number of ether oxygens (including phenoxy) is 1. The quantitative estimate of drug-likeness (QED) is 0.0680. The normalized spacial score (nSPS) is 11.2. The number of para-hydroxylation sites is 1. The number of carbonyl (C=O) groups excluding carboxylic acids is 1. The van der Waals surface area contributed by atoms with E-state index >= 15 is 0 Å². The zero-order valence-electron chi connectivity index (χ0n) is 23.0. The van der Waals surface area contributed by atoms with Crippen molar-refractivity contribution in [2.45, 2.75) is 6.92 Å². The van der Waals surface area contributed by atoms with Crippen molar-refractivity contribution in [2.24, 2.45) is 20.7 Å². The van der Waals surface area contributed by atoms with Crippen molar-refractivity contribution in [3.05, 3.63) is 135 Å². The van der Waals surface area contributed by atoms with Crippen molar-refractivity contribution in [3.63, 3.8) is 0 Å². The van der Waals surface area contributed by atoms with E-state index in [2.05, 4.69) is 20.7 Å². The highest BCUT2D eigenvalue weighted by Crippen LogP contribution is 2.46. The average Bonchev–Trinajstić information content (AvgIpc) is 3.00. The first-order valence-corrected chi connectivity index (χ1v) is 14.6. The molecule has 5 aromatic carbocycles. The number of carbonyl (C=O) groups is 1. The lowest BCUT2D eigenvalue weighted by Crippen LogP contribution is -2.17. The molecule has 12 heteroatoms. The van der Waals surface area contributed by atoms with Gasteiger partial charge >= 0.3 is 5.97 Å². The molecule has 0 aliphatic carbocycles. The third-order valence-electron chi connectivity index (χ3n) is 5.93. The molecular weight excluding hydrogens is 642 g/mol. The summed E-state index contributed by atoms with van der Waals surface area (Å²) in [6.07, 6.45) is 0. The molecule has 8 nitrogen and oxygen atoms in total. The molecule has 0 bridgehead atoms. The molecule has 220 valence electrons. The maximum Gasteiger partial charge on any atom is 0.308 e. The molecule has 5 aromatic rings. The molecule has 0 saturated heterocycles. The third kappa shape index (κ3) is 7.92. The van der Waals surface area contributed by atoms with Crippen LogP contribution in [0.5, 0.6) is 5.75 Å². The summed E-state index contributed by atoms with van der Waals surface area (Å²) in [4.78, 5) is 12.3. The molecule has 0 saturated carbocycles. The minimum absolute atomic E-state index is 0.179. The molecule has 44 heavy (non-hydrogen) atoms. The van der Waals surface area contributed by atoms with Crippen molar-refractivity contribution in [1.29, 1.82) is 0 Å². The van der Waals surface area contributed by atoms with E-state index in [0.29, 0.717) is 54.2 Å². The molecule has 0 spiro atoms. The SMILES string of the molecule is CC(=O)Oc1cccc(N(N=Nc2ccc(Cl)cc2)c2cccc(Cl)c2)c1N(N=Nc1ccc(Cl)cc1)c1cccc(Cl)c1. The molecule has 0 atom stereocenters. The van der Waals surface area contributed by atoms with Crippen molar-refractivity contribution in [3.8, 4) is 5.75 Å². The standard InChI is InChI=1S/C32H22Cl4N6O2/c1-21(43)44-31-10-4-9-30(41(28-7-2-5-24(35)19-28)39-37-26-15-11-22(33)12-16-26)32(31)42(29-8-3-6-25(36)20-29)40-38-27-17-13-23(34)14-18-27/h2-20H,1H3. The second-order valence-corrected chi connectivity index (χ2v) is 10.9. The van der Waals surface area contributed by atoms with E-state index in [0.717, 1.165) is 0 Å². The summed E-state index contributed by atoms with van der Waals surface area (Å²) >= 11 is 25.0. The Kier molecular flexibility index (Phi) is 10.1. The number of rotatable bonds is 9. The highest BCUT2D eigenvalue weighted by Gasteiger charge is 2.25. The zero-order chi connectivity index (χ0) is 31.1. The van der Waals surface area contributed by atoms with Gasteiger partial charge in [0.25, 0.3) is 0 Å². The van der Waals surface area contributed by atoms with Crippen molar-refractivity contribution >= 4 is 86.5 Å². The summed E-state index contributed by atoms with van der Waals surface area (Å²) < 4.78 is 5.70. The van der Waals surface area contributed by atoms with Gasteiger partial charge in [0.05, 0.1) is 28.4 Å². The van der Waals surface area contributed by atoms with Crippen LogP contribution in [-0.2, 0) is 4.79 Å². The van der Waals surface area contributed by atoms with E-state index in [1.54, 1.807) is 114 Å². The Labute approximate surface area is 273 Å². The lowest BCUT2D eigenvalue weighted by Gasteiger charge is -2.27. The van der Waals surface area contributed by atoms with E-state index in [9.17, 15) is 4.79 Å². The Hall–Kier alpha value is -4.47. The molecule has 0 heterocycles. The molecule has 0 N–H and O–H groups in total. The van der Waals surface area contributed by atoms with Crippen LogP contribution in [0.1, 0.15) is 6.92 Å². The third-order valence-corrected chi connectivity index (χ3v) is 6.90. The lowest BCUT2D eigenvalue weighted by molar-refractivity contribution is -0.131. The molecule has 0 fully saturated rings. The minimum Gasteiger partial charge on any atom is -0.424 e. The predicted molar refractivity (Wildman–Crippen MR) is 177 cm³/mol. The molecule has 5 rings (SSSR count). The van der Waals surface area contributed by atoms with Crippen molar-refractivity contribution in [2.75, 3.05) is 10.0 Å². The summed E-state index contributed by atoms with van der Waals surface area (Å²) in [7, 11) is 0. The fraction of sp³-hybridized carbons (Fsp3) is 0.0312. The zero-order valence-corrected chi connectivity index (χ0v) is 26.0. The number of halogens is 4. The van der Waals surface area contributed by atoms with Crippen LogP contribution >= 0.6 is 46.4 Å². The highest BCUT2D eigenvalue weighted by molar-refractivity contribution is 6.31. The predicted octanol–water partition coefficient (Wildman–Crippen LogP) is 11.9. The molecule has 0 amide bonds. The van der Waals surface area contributed by atoms with E-state index in [1.807, 2.05) is 6.07 Å². The van der Waals surface area contributed by atoms with Gasteiger partial charge in [-0.3, -0.25) is 4.79 Å². The number of hydrogen-bond donors (Lipinski definition) is 0. The monoisotopic (exact) mass is 662 g/mol. The number of benzene rings is 5. The van der Waals surface area contributed by atoms with Gasteiger partial charge in [0.1, 0.15) is 5.69 Å². The molecule has 0 aliphatic rings. The Bertz CT molecular complexity index is 1830. The Balaban J connectivity index is 1.75. The smallest absolute Gasteiger partial charge is 0.308 e. The van der Waals surface area contributed by atoms with Crippen LogP contribution in [0.4, 0.5) is 34.1 Å². The molecule has 0 unspecified atom stereocenters. The van der Waals surface area contributed by atoms with Gasteiger partial charge in [0, 0.05) is 27.0 Å². The first kappa shape index (κ1) is 31.0. The van der Waals surface area contributed by atoms with Gasteiger partial charge in [0.15, 0.2) is 5.75 Å². The van der Waals surface area contributed by atoms with Crippen molar-refractivity contribution in [1.82, 2.24) is 0 Å². The van der Waals surface area contributed by atoms with Crippen LogP contribution in [0, 0.1) is 0 Å². The van der Waals surface area contributed by atoms with Crippen LogP contribution in [0.25, 0.3) is 0 Å². The number of nitrogens with zero attached hydrogens (tertiary/aromatic N) is 6. The summed E-state index contributed by atoms with van der Waals surface area (Å²) in [5.41, 5.74) is 2.92. The van der Waals surface area contributed by atoms with Gasteiger partial charge in [0.2, 0.25) is 0 Å². The summed E-state index contributed by atoms with van der Waals surface area (Å²) in [6, 6.07) is 32.9. The fourth-order valence-corrected chi connectivity index (χ4v) is 4.64. The van der Waals surface area contributed by atoms with E-state index < -0.39 is 5.97 Å².